The predicted octanol–water partition coefficient (Wildman–Crippen LogP) is 0.690. The minimum Gasteiger partial charge on any atom is -0.387 e. The molecule has 0 aromatic carbocycles. The lowest BCUT2D eigenvalue weighted by atomic mass is 10.1. The van der Waals surface area contributed by atoms with Crippen LogP contribution in [0.3, 0.4) is 0 Å². The van der Waals surface area contributed by atoms with E-state index in [1.54, 1.807) is 6.33 Å². The monoisotopic (exact) mass is 250 g/mol. The zero-order valence-electron chi connectivity index (χ0n) is 11.4. The van der Waals surface area contributed by atoms with Gasteiger partial charge in [0.1, 0.15) is 12.1 Å². The molecule has 100 valence electrons. The van der Waals surface area contributed by atoms with Crippen LogP contribution < -0.4 is 5.32 Å². The van der Waals surface area contributed by atoms with Gasteiger partial charge in [0.05, 0.1) is 5.60 Å². The van der Waals surface area contributed by atoms with Gasteiger partial charge < -0.3 is 15.3 Å². The van der Waals surface area contributed by atoms with Crippen molar-refractivity contribution < 1.29 is 5.11 Å². The lowest BCUT2D eigenvalue weighted by Gasteiger charge is -2.27. The van der Waals surface area contributed by atoms with Crippen molar-refractivity contribution in [2.75, 3.05) is 32.5 Å². The highest BCUT2D eigenvalue weighted by Crippen LogP contribution is 2.25. The van der Waals surface area contributed by atoms with Crippen molar-refractivity contribution in [3.8, 4) is 0 Å². The van der Waals surface area contributed by atoms with Crippen molar-refractivity contribution in [1.29, 1.82) is 0 Å². The second-order valence-electron chi connectivity index (χ2n) is 5.59. The first-order valence-corrected chi connectivity index (χ1v) is 6.42. The Morgan fingerprint density at radius 2 is 2.17 bits per heavy atom. The molecule has 0 bridgehead atoms. The molecule has 1 aromatic heterocycles. The molecule has 0 saturated carbocycles. The van der Waals surface area contributed by atoms with Crippen LogP contribution in [0.25, 0.3) is 0 Å². The van der Waals surface area contributed by atoms with Crippen molar-refractivity contribution in [2.24, 2.45) is 0 Å². The van der Waals surface area contributed by atoms with Gasteiger partial charge in [0.25, 0.3) is 0 Å². The summed E-state index contributed by atoms with van der Waals surface area (Å²) in [4.78, 5) is 10.6. The summed E-state index contributed by atoms with van der Waals surface area (Å²) in [5.41, 5.74) is 1.61. The summed E-state index contributed by atoms with van der Waals surface area (Å²) < 4.78 is 0. The Kier molecular flexibility index (Phi) is 3.82. The van der Waals surface area contributed by atoms with Gasteiger partial charge in [0.2, 0.25) is 0 Å². The predicted molar refractivity (Wildman–Crippen MR) is 71.7 cm³/mol. The fourth-order valence-corrected chi connectivity index (χ4v) is 2.52. The number of likely N-dealkylation sites (N-methyl/N-ethyl adjacent to an activating group) is 1. The Hall–Kier alpha value is -1.20. The minimum atomic E-state index is -0.764. The zero-order chi connectivity index (χ0) is 13.2. The maximum absolute atomic E-state index is 10.2. The first-order chi connectivity index (χ1) is 8.48. The van der Waals surface area contributed by atoms with Crippen molar-refractivity contribution in [3.63, 3.8) is 0 Å². The van der Waals surface area contributed by atoms with Gasteiger partial charge in [-0.3, -0.25) is 0 Å². The average Bonchev–Trinajstić information content (AvgIpc) is 2.72. The molecule has 1 aliphatic rings. The standard InChI is InChI=1S/C13H22N4O/c1-13(18,8-17(2)3)7-14-12-10-5-4-6-11(10)15-9-16-12/h9,18H,4-8H2,1-3H3,(H,14,15,16). The van der Waals surface area contributed by atoms with E-state index in [4.69, 9.17) is 0 Å². The SMILES string of the molecule is CN(C)CC(C)(O)CNc1ncnc2c1CCC2. The smallest absolute Gasteiger partial charge is 0.132 e. The summed E-state index contributed by atoms with van der Waals surface area (Å²) in [7, 11) is 3.91. The Bertz CT molecular complexity index is 417. The van der Waals surface area contributed by atoms with Crippen LogP contribution in [0.1, 0.15) is 24.6 Å². The molecule has 0 amide bonds. The first-order valence-electron chi connectivity index (χ1n) is 6.42. The van der Waals surface area contributed by atoms with E-state index in [0.29, 0.717) is 13.1 Å². The molecular formula is C13H22N4O. The molecule has 0 aliphatic heterocycles. The fourth-order valence-electron chi connectivity index (χ4n) is 2.52. The van der Waals surface area contributed by atoms with E-state index >= 15 is 0 Å². The number of hydrogen-bond acceptors (Lipinski definition) is 5. The molecule has 0 saturated heterocycles. The van der Waals surface area contributed by atoms with E-state index < -0.39 is 5.60 Å². The number of aryl methyl sites for hydroxylation is 1. The van der Waals surface area contributed by atoms with Crippen molar-refractivity contribution in [3.05, 3.63) is 17.6 Å². The summed E-state index contributed by atoms with van der Waals surface area (Å²) in [6, 6.07) is 0. The van der Waals surface area contributed by atoms with Crippen molar-refractivity contribution in [2.45, 2.75) is 31.8 Å². The molecule has 1 aliphatic carbocycles. The molecule has 1 unspecified atom stereocenters. The van der Waals surface area contributed by atoms with Crippen LogP contribution >= 0.6 is 0 Å². The largest absolute Gasteiger partial charge is 0.387 e. The Morgan fingerprint density at radius 3 is 2.89 bits per heavy atom. The lowest BCUT2D eigenvalue weighted by Crippen LogP contribution is -2.43. The quantitative estimate of drug-likeness (QED) is 0.805. The summed E-state index contributed by atoms with van der Waals surface area (Å²) in [5.74, 6) is 0.886. The maximum atomic E-state index is 10.2. The Labute approximate surface area is 108 Å². The molecule has 1 atom stereocenters. The maximum Gasteiger partial charge on any atom is 0.132 e. The van der Waals surface area contributed by atoms with Gasteiger partial charge in [-0.1, -0.05) is 0 Å². The number of fused-ring (bicyclic) bond motifs is 1. The molecule has 2 N–H and O–H groups in total. The van der Waals surface area contributed by atoms with Gasteiger partial charge in [0.15, 0.2) is 0 Å². The van der Waals surface area contributed by atoms with Crippen LogP contribution in [0, 0.1) is 0 Å². The van der Waals surface area contributed by atoms with Crippen molar-refractivity contribution in [1.82, 2.24) is 14.9 Å². The van der Waals surface area contributed by atoms with Gasteiger partial charge in [-0.15, -0.1) is 0 Å². The number of aromatic nitrogens is 2. The van der Waals surface area contributed by atoms with E-state index in [0.717, 1.165) is 30.8 Å². The van der Waals surface area contributed by atoms with Gasteiger partial charge in [-0.2, -0.15) is 0 Å². The van der Waals surface area contributed by atoms with Crippen LogP contribution in [0.5, 0.6) is 0 Å². The Morgan fingerprint density at radius 1 is 1.39 bits per heavy atom. The number of anilines is 1. The zero-order valence-corrected chi connectivity index (χ0v) is 11.4. The molecule has 2 rings (SSSR count). The Balaban J connectivity index is 2.01. The van der Waals surface area contributed by atoms with E-state index in [9.17, 15) is 5.11 Å². The van der Waals surface area contributed by atoms with Crippen molar-refractivity contribution >= 4 is 5.82 Å². The third-order valence-electron chi connectivity index (χ3n) is 3.17. The van der Waals surface area contributed by atoms with Gasteiger partial charge in [-0.25, -0.2) is 9.97 Å². The van der Waals surface area contributed by atoms with E-state index in [-0.39, 0.29) is 0 Å². The summed E-state index contributed by atoms with van der Waals surface area (Å²) in [6.45, 7) is 2.95. The second-order valence-corrected chi connectivity index (χ2v) is 5.59. The van der Waals surface area contributed by atoms with Gasteiger partial charge in [0, 0.05) is 24.3 Å². The summed E-state index contributed by atoms with van der Waals surface area (Å²) in [5, 5.41) is 13.5. The number of aliphatic hydroxyl groups is 1. The first kappa shape index (κ1) is 13.2. The highest BCUT2D eigenvalue weighted by molar-refractivity contribution is 5.48. The minimum absolute atomic E-state index is 0.495. The molecule has 18 heavy (non-hydrogen) atoms. The average molecular weight is 250 g/mol. The number of hydrogen-bond donors (Lipinski definition) is 2. The fraction of sp³-hybridized carbons (Fsp3) is 0.692. The number of rotatable bonds is 5. The van der Waals surface area contributed by atoms with Gasteiger partial charge >= 0.3 is 0 Å². The molecule has 5 nitrogen and oxygen atoms in total. The third-order valence-corrected chi connectivity index (χ3v) is 3.17. The summed E-state index contributed by atoms with van der Waals surface area (Å²) in [6.07, 6.45) is 4.83. The van der Waals surface area contributed by atoms with Crippen LogP contribution in [0.4, 0.5) is 5.82 Å². The van der Waals surface area contributed by atoms with Crippen LogP contribution in [0.2, 0.25) is 0 Å². The molecule has 1 aromatic rings. The van der Waals surface area contributed by atoms with Crippen LogP contribution in [-0.2, 0) is 12.8 Å². The van der Waals surface area contributed by atoms with Crippen LogP contribution in [0.15, 0.2) is 6.33 Å². The van der Waals surface area contributed by atoms with E-state index in [2.05, 4.69) is 15.3 Å². The van der Waals surface area contributed by atoms with Crippen LogP contribution in [-0.4, -0.2) is 52.8 Å². The van der Waals surface area contributed by atoms with E-state index in [1.807, 2.05) is 25.9 Å². The molecular weight excluding hydrogens is 228 g/mol. The molecule has 1 heterocycles. The van der Waals surface area contributed by atoms with Gasteiger partial charge in [-0.05, 0) is 40.3 Å². The summed E-state index contributed by atoms with van der Waals surface area (Å²) >= 11 is 0. The number of nitrogens with zero attached hydrogens (tertiary/aromatic N) is 3. The lowest BCUT2D eigenvalue weighted by molar-refractivity contribution is 0.0459. The van der Waals surface area contributed by atoms with E-state index in [1.165, 1.54) is 5.56 Å². The molecule has 0 fully saturated rings. The molecule has 5 heteroatoms. The number of nitrogens with one attached hydrogen (secondary N) is 1. The molecule has 0 spiro atoms. The normalized spacial score (nSPS) is 17.6. The highest BCUT2D eigenvalue weighted by atomic mass is 16.3. The molecule has 0 radical (unpaired) electrons. The topological polar surface area (TPSA) is 61.3 Å². The second kappa shape index (κ2) is 5.20. The third kappa shape index (κ3) is 3.17. The highest BCUT2D eigenvalue weighted by Gasteiger charge is 2.23.